The first-order chi connectivity index (χ1) is 15.6. The van der Waals surface area contributed by atoms with Crippen LogP contribution in [0.3, 0.4) is 0 Å². The molecule has 1 aliphatic rings. The number of methoxy groups -OCH3 is 1. The van der Waals surface area contributed by atoms with Crippen LogP contribution in [-0.2, 0) is 49.5 Å². The Kier molecular flexibility index (Phi) is 9.61. The average molecular weight is 467 g/mol. The van der Waals surface area contributed by atoms with Gasteiger partial charge in [-0.3, -0.25) is 19.2 Å². The number of benzene rings is 1. The van der Waals surface area contributed by atoms with Gasteiger partial charge in [-0.15, -0.1) is 0 Å². The van der Waals surface area contributed by atoms with Gasteiger partial charge in [0.1, 0.15) is 24.5 Å². The van der Waals surface area contributed by atoms with Crippen LogP contribution in [0.5, 0.6) is 5.75 Å². The van der Waals surface area contributed by atoms with Crippen LogP contribution in [-0.4, -0.2) is 68.2 Å². The first-order valence-electron chi connectivity index (χ1n) is 10.3. The second-order valence-electron chi connectivity index (χ2n) is 7.38. The molecule has 1 fully saturated rings. The SMILES string of the molecule is COc1ccc(CO[C@@H]2O[C@H](COC(C)=O)[C@H](OC(C)=O)[C@H](OC(C)=O)[C@H]2NC(C)=O)cc1. The minimum atomic E-state index is -1.16. The molecule has 0 spiro atoms. The van der Waals surface area contributed by atoms with Gasteiger partial charge in [-0.05, 0) is 17.7 Å². The van der Waals surface area contributed by atoms with Gasteiger partial charge in [-0.2, -0.15) is 0 Å². The predicted molar refractivity (Wildman–Crippen MR) is 112 cm³/mol. The second kappa shape index (κ2) is 12.2. The summed E-state index contributed by atoms with van der Waals surface area (Å²) in [6.07, 6.45) is -4.46. The van der Waals surface area contributed by atoms with E-state index in [9.17, 15) is 19.2 Å². The lowest BCUT2D eigenvalue weighted by Gasteiger charge is -2.44. The number of ether oxygens (including phenoxy) is 6. The third kappa shape index (κ3) is 8.03. The van der Waals surface area contributed by atoms with Crippen LogP contribution in [0.2, 0.25) is 0 Å². The summed E-state index contributed by atoms with van der Waals surface area (Å²) < 4.78 is 32.8. The van der Waals surface area contributed by atoms with Crippen molar-refractivity contribution in [3.8, 4) is 5.75 Å². The van der Waals surface area contributed by atoms with E-state index >= 15 is 0 Å². The van der Waals surface area contributed by atoms with E-state index in [0.717, 1.165) is 5.56 Å². The zero-order valence-electron chi connectivity index (χ0n) is 19.2. The molecule has 0 aliphatic carbocycles. The Hall–Kier alpha value is -3.18. The van der Waals surface area contributed by atoms with Crippen molar-refractivity contribution in [3.63, 3.8) is 0 Å². The smallest absolute Gasteiger partial charge is 0.303 e. The fraction of sp³-hybridized carbons (Fsp3) is 0.545. The molecule has 0 saturated carbocycles. The topological polar surface area (TPSA) is 136 Å². The molecule has 2 rings (SSSR count). The first kappa shape index (κ1) is 26.1. The fourth-order valence-corrected chi connectivity index (χ4v) is 3.33. The average Bonchev–Trinajstić information content (AvgIpc) is 2.73. The summed E-state index contributed by atoms with van der Waals surface area (Å²) in [5.41, 5.74) is 0.781. The molecule has 1 amide bonds. The summed E-state index contributed by atoms with van der Waals surface area (Å²) in [5, 5.41) is 2.65. The maximum atomic E-state index is 11.9. The lowest BCUT2D eigenvalue weighted by Crippen LogP contribution is -2.66. The summed E-state index contributed by atoms with van der Waals surface area (Å²) in [7, 11) is 1.55. The molecule has 0 bridgehead atoms. The standard InChI is InChI=1S/C22H29NO10/c1-12(24)23-19-21(32-15(4)27)20(31-14(3)26)18(11-29-13(2)25)33-22(19)30-10-16-6-8-17(28-5)9-7-16/h6-9,18-22H,10-11H2,1-5H3,(H,23,24)/t18-,19-,20+,21-,22-/m1/s1. The molecule has 0 aromatic heterocycles. The predicted octanol–water partition coefficient (Wildman–Crippen LogP) is 0.868. The number of hydrogen-bond donors (Lipinski definition) is 1. The van der Waals surface area contributed by atoms with Crippen LogP contribution in [0, 0.1) is 0 Å². The number of esters is 3. The zero-order valence-corrected chi connectivity index (χ0v) is 19.2. The zero-order chi connectivity index (χ0) is 24.5. The minimum Gasteiger partial charge on any atom is -0.497 e. The number of hydrogen-bond acceptors (Lipinski definition) is 10. The molecular formula is C22H29NO10. The number of amides is 1. The highest BCUT2D eigenvalue weighted by Gasteiger charge is 2.51. The Labute approximate surface area is 191 Å². The van der Waals surface area contributed by atoms with Crippen LogP contribution >= 0.6 is 0 Å². The molecule has 1 aliphatic heterocycles. The van der Waals surface area contributed by atoms with Gasteiger partial charge in [0, 0.05) is 27.7 Å². The molecule has 0 unspecified atom stereocenters. The summed E-state index contributed by atoms with van der Waals surface area (Å²) >= 11 is 0. The lowest BCUT2D eigenvalue weighted by molar-refractivity contribution is -0.280. The monoisotopic (exact) mass is 467 g/mol. The maximum absolute atomic E-state index is 11.9. The Morgan fingerprint density at radius 2 is 1.52 bits per heavy atom. The molecule has 1 aromatic carbocycles. The first-order valence-corrected chi connectivity index (χ1v) is 10.3. The van der Waals surface area contributed by atoms with Crippen LogP contribution in [0.25, 0.3) is 0 Å². The lowest BCUT2D eigenvalue weighted by atomic mass is 9.96. The van der Waals surface area contributed by atoms with E-state index in [1.54, 1.807) is 31.4 Å². The van der Waals surface area contributed by atoms with Gasteiger partial charge in [0.2, 0.25) is 5.91 Å². The van der Waals surface area contributed by atoms with E-state index in [2.05, 4.69) is 5.32 Å². The molecule has 11 nitrogen and oxygen atoms in total. The Balaban J connectivity index is 2.33. The fourth-order valence-electron chi connectivity index (χ4n) is 3.33. The maximum Gasteiger partial charge on any atom is 0.303 e. The molecule has 5 atom stereocenters. The quantitative estimate of drug-likeness (QED) is 0.411. The molecule has 11 heteroatoms. The van der Waals surface area contributed by atoms with Crippen molar-refractivity contribution in [2.75, 3.05) is 13.7 Å². The number of rotatable bonds is 9. The van der Waals surface area contributed by atoms with Gasteiger partial charge < -0.3 is 33.7 Å². The Bertz CT molecular complexity index is 840. The molecule has 1 heterocycles. The normalized spacial score (nSPS) is 24.3. The summed E-state index contributed by atoms with van der Waals surface area (Å²) in [4.78, 5) is 46.9. The van der Waals surface area contributed by atoms with E-state index in [1.807, 2.05) is 0 Å². The van der Waals surface area contributed by atoms with Crippen molar-refractivity contribution in [2.45, 2.75) is 64.9 Å². The van der Waals surface area contributed by atoms with Crippen molar-refractivity contribution >= 4 is 23.8 Å². The van der Waals surface area contributed by atoms with Crippen LogP contribution in [0.1, 0.15) is 33.3 Å². The largest absolute Gasteiger partial charge is 0.497 e. The molecule has 1 aromatic rings. The highest BCUT2D eigenvalue weighted by atomic mass is 16.7. The van der Waals surface area contributed by atoms with Crippen molar-refractivity contribution in [2.24, 2.45) is 0 Å². The molecular weight excluding hydrogens is 438 g/mol. The Morgan fingerprint density at radius 1 is 0.909 bits per heavy atom. The highest BCUT2D eigenvalue weighted by Crippen LogP contribution is 2.28. The minimum absolute atomic E-state index is 0.0794. The number of carbonyl (C=O) groups excluding carboxylic acids is 4. The number of nitrogens with one attached hydrogen (secondary N) is 1. The number of carbonyl (C=O) groups is 4. The summed E-state index contributed by atoms with van der Waals surface area (Å²) in [6.45, 7) is 4.63. The van der Waals surface area contributed by atoms with Crippen LogP contribution in [0.15, 0.2) is 24.3 Å². The van der Waals surface area contributed by atoms with Gasteiger partial charge in [-0.1, -0.05) is 12.1 Å². The summed E-state index contributed by atoms with van der Waals surface area (Å²) in [6, 6.07) is 6.08. The van der Waals surface area contributed by atoms with E-state index in [0.29, 0.717) is 5.75 Å². The van der Waals surface area contributed by atoms with Gasteiger partial charge in [0.25, 0.3) is 0 Å². The molecule has 1 saturated heterocycles. The van der Waals surface area contributed by atoms with Crippen molar-refractivity contribution < 1.29 is 47.6 Å². The third-order valence-corrected chi connectivity index (χ3v) is 4.64. The van der Waals surface area contributed by atoms with Gasteiger partial charge in [-0.25, -0.2) is 0 Å². The van der Waals surface area contributed by atoms with Crippen molar-refractivity contribution in [3.05, 3.63) is 29.8 Å². The molecule has 0 radical (unpaired) electrons. The molecule has 1 N–H and O–H groups in total. The molecule has 182 valence electrons. The van der Waals surface area contributed by atoms with E-state index in [-0.39, 0.29) is 13.2 Å². The van der Waals surface area contributed by atoms with E-state index < -0.39 is 54.5 Å². The van der Waals surface area contributed by atoms with Crippen LogP contribution < -0.4 is 10.1 Å². The van der Waals surface area contributed by atoms with E-state index in [1.165, 1.54) is 27.7 Å². The highest BCUT2D eigenvalue weighted by molar-refractivity contribution is 5.73. The van der Waals surface area contributed by atoms with Gasteiger partial charge in [0.15, 0.2) is 18.5 Å². The van der Waals surface area contributed by atoms with Crippen molar-refractivity contribution in [1.82, 2.24) is 5.32 Å². The summed E-state index contributed by atoms with van der Waals surface area (Å²) in [5.74, 6) is -1.70. The van der Waals surface area contributed by atoms with E-state index in [4.69, 9.17) is 28.4 Å². The van der Waals surface area contributed by atoms with Crippen molar-refractivity contribution in [1.29, 1.82) is 0 Å². The van der Waals surface area contributed by atoms with Gasteiger partial charge in [0.05, 0.1) is 13.7 Å². The molecule has 33 heavy (non-hydrogen) atoms. The van der Waals surface area contributed by atoms with Crippen LogP contribution in [0.4, 0.5) is 0 Å². The van der Waals surface area contributed by atoms with Gasteiger partial charge >= 0.3 is 17.9 Å². The third-order valence-electron chi connectivity index (χ3n) is 4.64. The second-order valence-corrected chi connectivity index (χ2v) is 7.38. The Morgan fingerprint density at radius 3 is 2.03 bits per heavy atom.